The fraction of sp³-hybridized carbons (Fsp3) is 0.625. The molecule has 0 aromatic carbocycles. The molecule has 1 aromatic rings. The van der Waals surface area contributed by atoms with Gasteiger partial charge in [0, 0.05) is 32.9 Å². The van der Waals surface area contributed by atoms with Crippen LogP contribution < -0.4 is 4.90 Å². The Morgan fingerprint density at radius 3 is 2.38 bits per heavy atom. The minimum absolute atomic E-state index is 0.0131. The normalized spacial score (nSPS) is 19.9. The molecule has 1 amide bonds. The van der Waals surface area contributed by atoms with Crippen molar-refractivity contribution in [1.29, 1.82) is 0 Å². The fourth-order valence-corrected chi connectivity index (χ4v) is 4.26. The minimum atomic E-state index is -5.08. The van der Waals surface area contributed by atoms with Crippen molar-refractivity contribution in [3.05, 3.63) is 18.2 Å². The standard InChI is InChI=1S/C14H19FN4O2S.C2HF3O2/c1-18(2)12(20)6-21-11-3-14(22-7-11)8-19(9-14)13-16-4-10(15)5-17-13;3-2(4,5)1(6)7/h4-5,11H,3,6-9H2,1-2H3;(H,6,7). The first kappa shape index (κ1) is 23.1. The van der Waals surface area contributed by atoms with E-state index in [-0.39, 0.29) is 23.4 Å². The molecule has 0 bridgehead atoms. The summed E-state index contributed by atoms with van der Waals surface area (Å²) in [6.45, 7) is 1.81. The zero-order valence-corrected chi connectivity index (χ0v) is 16.5. The lowest BCUT2D eigenvalue weighted by atomic mass is 9.93. The molecule has 2 saturated heterocycles. The Morgan fingerprint density at radius 1 is 1.34 bits per heavy atom. The van der Waals surface area contributed by atoms with Crippen LogP contribution in [0.15, 0.2) is 12.4 Å². The van der Waals surface area contributed by atoms with Crippen LogP contribution in [-0.4, -0.2) is 88.4 Å². The number of carbonyl (C=O) groups is 2. The highest BCUT2D eigenvalue weighted by atomic mass is 32.2. The average Bonchev–Trinajstić information content (AvgIpc) is 3.03. The van der Waals surface area contributed by atoms with E-state index in [0.29, 0.717) is 5.95 Å². The fourth-order valence-electron chi connectivity index (χ4n) is 2.71. The Balaban J connectivity index is 0.000000370. The molecular formula is C16H20F4N4O4S. The molecule has 162 valence electrons. The third kappa shape index (κ3) is 6.42. The summed E-state index contributed by atoms with van der Waals surface area (Å²) in [6.07, 6.45) is -1.66. The van der Waals surface area contributed by atoms with Crippen molar-refractivity contribution >= 4 is 29.6 Å². The second-order valence-corrected chi connectivity index (χ2v) is 8.27. The van der Waals surface area contributed by atoms with E-state index in [0.717, 1.165) is 25.3 Å². The van der Waals surface area contributed by atoms with Crippen LogP contribution in [0.25, 0.3) is 0 Å². The highest BCUT2D eigenvalue weighted by Crippen LogP contribution is 2.46. The molecule has 0 radical (unpaired) electrons. The predicted octanol–water partition coefficient (Wildman–Crippen LogP) is 1.42. The summed E-state index contributed by atoms with van der Waals surface area (Å²) in [5, 5.41) is 7.12. The maximum absolute atomic E-state index is 12.8. The van der Waals surface area contributed by atoms with Crippen molar-refractivity contribution in [2.45, 2.75) is 23.4 Å². The number of anilines is 1. The SMILES string of the molecule is CN(C)C(=O)COC1CSC2(C1)CN(c1ncc(F)cn1)C2.O=C(O)C(F)(F)F. The first-order valence-corrected chi connectivity index (χ1v) is 9.39. The summed E-state index contributed by atoms with van der Waals surface area (Å²) < 4.78 is 50.4. The molecular weight excluding hydrogens is 420 g/mol. The molecule has 1 atom stereocenters. The van der Waals surface area contributed by atoms with Crippen molar-refractivity contribution in [1.82, 2.24) is 14.9 Å². The number of carbonyl (C=O) groups excluding carboxylic acids is 1. The van der Waals surface area contributed by atoms with E-state index >= 15 is 0 Å². The summed E-state index contributed by atoms with van der Waals surface area (Å²) in [6, 6.07) is 0. The number of carboxylic acids is 1. The number of hydrogen-bond donors (Lipinski definition) is 1. The van der Waals surface area contributed by atoms with Gasteiger partial charge in [-0.3, -0.25) is 4.79 Å². The molecule has 29 heavy (non-hydrogen) atoms. The number of amides is 1. The van der Waals surface area contributed by atoms with Crippen LogP contribution in [0.5, 0.6) is 0 Å². The zero-order chi connectivity index (χ0) is 21.8. The molecule has 3 rings (SSSR count). The Labute approximate surface area is 168 Å². The molecule has 1 aromatic heterocycles. The number of rotatable bonds is 4. The molecule has 3 heterocycles. The third-order valence-corrected chi connectivity index (χ3v) is 5.78. The number of aliphatic carboxylic acids is 1. The first-order chi connectivity index (χ1) is 13.4. The van der Waals surface area contributed by atoms with Crippen LogP contribution in [0.1, 0.15) is 6.42 Å². The van der Waals surface area contributed by atoms with E-state index in [1.54, 1.807) is 14.1 Å². The molecule has 0 aliphatic carbocycles. The van der Waals surface area contributed by atoms with Gasteiger partial charge in [0.1, 0.15) is 6.61 Å². The molecule has 2 aliphatic heterocycles. The van der Waals surface area contributed by atoms with Gasteiger partial charge in [0.2, 0.25) is 11.9 Å². The topological polar surface area (TPSA) is 95.9 Å². The van der Waals surface area contributed by atoms with Gasteiger partial charge in [-0.2, -0.15) is 13.2 Å². The average molecular weight is 440 g/mol. The van der Waals surface area contributed by atoms with E-state index in [1.807, 2.05) is 16.7 Å². The number of nitrogens with zero attached hydrogens (tertiary/aromatic N) is 4. The number of carboxylic acid groups (broad SMARTS) is 1. The molecule has 1 spiro atoms. The number of thioether (sulfide) groups is 1. The van der Waals surface area contributed by atoms with Gasteiger partial charge in [-0.15, -0.1) is 11.8 Å². The minimum Gasteiger partial charge on any atom is -0.475 e. The Hall–Kier alpha value is -2.15. The molecule has 2 aliphatic rings. The highest BCUT2D eigenvalue weighted by Gasteiger charge is 2.50. The van der Waals surface area contributed by atoms with Crippen LogP contribution in [0.4, 0.5) is 23.5 Å². The smallest absolute Gasteiger partial charge is 0.475 e. The number of hydrogen-bond acceptors (Lipinski definition) is 7. The van der Waals surface area contributed by atoms with Crippen molar-refractivity contribution in [3.63, 3.8) is 0 Å². The molecule has 1 unspecified atom stereocenters. The number of alkyl halides is 3. The van der Waals surface area contributed by atoms with Crippen molar-refractivity contribution in [3.8, 4) is 0 Å². The molecule has 1 N–H and O–H groups in total. The highest BCUT2D eigenvalue weighted by molar-refractivity contribution is 8.01. The lowest BCUT2D eigenvalue weighted by Gasteiger charge is -2.47. The van der Waals surface area contributed by atoms with Gasteiger partial charge in [0.15, 0.2) is 5.82 Å². The van der Waals surface area contributed by atoms with Crippen molar-refractivity contribution < 1.29 is 37.0 Å². The number of ether oxygens (including phenoxy) is 1. The number of halogens is 4. The van der Waals surface area contributed by atoms with Gasteiger partial charge in [-0.05, 0) is 6.42 Å². The van der Waals surface area contributed by atoms with E-state index < -0.39 is 18.0 Å². The van der Waals surface area contributed by atoms with Crippen LogP contribution >= 0.6 is 11.8 Å². The lowest BCUT2D eigenvalue weighted by Crippen LogP contribution is -2.59. The Morgan fingerprint density at radius 2 is 1.90 bits per heavy atom. The molecule has 2 fully saturated rings. The lowest BCUT2D eigenvalue weighted by molar-refractivity contribution is -0.192. The third-order valence-electron chi connectivity index (χ3n) is 4.21. The maximum Gasteiger partial charge on any atom is 0.490 e. The monoisotopic (exact) mass is 440 g/mol. The largest absolute Gasteiger partial charge is 0.490 e. The summed E-state index contributed by atoms with van der Waals surface area (Å²) in [4.78, 5) is 32.0. The summed E-state index contributed by atoms with van der Waals surface area (Å²) >= 11 is 1.88. The van der Waals surface area contributed by atoms with E-state index in [4.69, 9.17) is 14.6 Å². The van der Waals surface area contributed by atoms with Gasteiger partial charge in [-0.25, -0.2) is 19.2 Å². The van der Waals surface area contributed by atoms with Crippen LogP contribution in [0, 0.1) is 5.82 Å². The van der Waals surface area contributed by atoms with Gasteiger partial charge < -0.3 is 19.6 Å². The number of likely N-dealkylation sites (N-methyl/N-ethyl adjacent to an activating group) is 1. The van der Waals surface area contributed by atoms with Gasteiger partial charge in [0.25, 0.3) is 0 Å². The van der Waals surface area contributed by atoms with E-state index in [9.17, 15) is 22.4 Å². The zero-order valence-electron chi connectivity index (χ0n) is 15.6. The second-order valence-electron chi connectivity index (χ2n) is 6.78. The summed E-state index contributed by atoms with van der Waals surface area (Å²) in [7, 11) is 3.45. The van der Waals surface area contributed by atoms with Gasteiger partial charge in [0.05, 0.1) is 23.2 Å². The Bertz CT molecular complexity index is 727. The summed E-state index contributed by atoms with van der Waals surface area (Å²) in [5.74, 6) is -1.72. The number of aromatic nitrogens is 2. The summed E-state index contributed by atoms with van der Waals surface area (Å²) in [5.41, 5.74) is 0. The maximum atomic E-state index is 12.8. The molecule has 13 heteroatoms. The van der Waals surface area contributed by atoms with Crippen molar-refractivity contribution in [2.75, 3.05) is 44.4 Å². The molecule has 8 nitrogen and oxygen atoms in total. The van der Waals surface area contributed by atoms with Crippen LogP contribution in [0.3, 0.4) is 0 Å². The second kappa shape index (κ2) is 9.11. The van der Waals surface area contributed by atoms with Crippen molar-refractivity contribution in [2.24, 2.45) is 0 Å². The quantitative estimate of drug-likeness (QED) is 0.703. The predicted molar refractivity (Wildman–Crippen MR) is 96.1 cm³/mol. The Kier molecular flexibility index (Phi) is 7.27. The van der Waals surface area contributed by atoms with E-state index in [2.05, 4.69) is 9.97 Å². The van der Waals surface area contributed by atoms with E-state index in [1.165, 1.54) is 17.3 Å². The van der Waals surface area contributed by atoms with Gasteiger partial charge in [-0.1, -0.05) is 0 Å². The van der Waals surface area contributed by atoms with Crippen LogP contribution in [0.2, 0.25) is 0 Å². The first-order valence-electron chi connectivity index (χ1n) is 8.40. The van der Waals surface area contributed by atoms with Crippen LogP contribution in [-0.2, 0) is 14.3 Å². The van der Waals surface area contributed by atoms with Gasteiger partial charge >= 0.3 is 12.1 Å². The molecule has 0 saturated carbocycles.